The van der Waals surface area contributed by atoms with Gasteiger partial charge in [0.15, 0.2) is 5.78 Å². The molecule has 0 fully saturated rings. The molecule has 0 aliphatic heterocycles. The number of nitrogens with two attached hydrogens (primary N) is 1. The average molecular weight is 288 g/mol. The van der Waals surface area contributed by atoms with Crippen molar-refractivity contribution >= 4 is 11.5 Å². The molecular weight excluding hydrogens is 268 g/mol. The first-order valence-corrected chi connectivity index (χ1v) is 6.60. The number of methoxy groups -OCH3 is 2. The molecule has 2 aromatic rings. The molecule has 21 heavy (non-hydrogen) atoms. The van der Waals surface area contributed by atoms with E-state index in [1.54, 1.807) is 20.3 Å². The summed E-state index contributed by atoms with van der Waals surface area (Å²) in [5.74, 6) is 1.31. The fourth-order valence-electron chi connectivity index (χ4n) is 2.59. The largest absolute Gasteiger partial charge is 0.497 e. The number of aromatic nitrogens is 1. The zero-order valence-electron chi connectivity index (χ0n) is 13.0. The predicted octanol–water partition coefficient (Wildman–Crippen LogP) is 2.80. The summed E-state index contributed by atoms with van der Waals surface area (Å²) in [4.78, 5) is 11.8. The summed E-state index contributed by atoms with van der Waals surface area (Å²) < 4.78 is 12.5. The number of carbonyl (C=O) groups excluding carboxylic acids is 1. The fraction of sp³-hybridized carbons (Fsp3) is 0.312. The third-order valence-corrected chi connectivity index (χ3v) is 3.74. The molecule has 0 unspecified atom stereocenters. The number of anilines is 1. The maximum Gasteiger partial charge on any atom is 0.163 e. The minimum absolute atomic E-state index is 0.0423. The van der Waals surface area contributed by atoms with E-state index in [0.29, 0.717) is 22.7 Å². The number of hydrogen-bond acceptors (Lipinski definition) is 4. The SMILES string of the molecule is COc1ccc(-c2c(N)c(C(C)=O)c(C)n2C)c(OC)c1. The molecule has 0 bridgehead atoms. The second-order valence-corrected chi connectivity index (χ2v) is 4.90. The Balaban J connectivity index is 2.73. The van der Waals surface area contributed by atoms with Crippen LogP contribution in [0.1, 0.15) is 23.0 Å². The van der Waals surface area contributed by atoms with Gasteiger partial charge >= 0.3 is 0 Å². The first-order chi connectivity index (χ1) is 9.92. The number of benzene rings is 1. The van der Waals surface area contributed by atoms with Gasteiger partial charge in [-0.2, -0.15) is 0 Å². The molecule has 0 saturated heterocycles. The first kappa shape index (κ1) is 15.0. The van der Waals surface area contributed by atoms with Crippen LogP contribution < -0.4 is 15.2 Å². The predicted molar refractivity (Wildman–Crippen MR) is 83.1 cm³/mol. The van der Waals surface area contributed by atoms with Crippen LogP contribution in [0.25, 0.3) is 11.3 Å². The highest BCUT2D eigenvalue weighted by Crippen LogP contribution is 2.39. The van der Waals surface area contributed by atoms with Gasteiger partial charge in [0.1, 0.15) is 11.5 Å². The van der Waals surface area contributed by atoms with E-state index in [1.165, 1.54) is 6.92 Å². The van der Waals surface area contributed by atoms with Crippen LogP contribution in [0.15, 0.2) is 18.2 Å². The molecule has 112 valence electrons. The van der Waals surface area contributed by atoms with E-state index >= 15 is 0 Å². The molecule has 0 aliphatic rings. The van der Waals surface area contributed by atoms with Crippen molar-refractivity contribution in [2.24, 2.45) is 7.05 Å². The maximum atomic E-state index is 11.8. The van der Waals surface area contributed by atoms with Gasteiger partial charge in [0.25, 0.3) is 0 Å². The van der Waals surface area contributed by atoms with Crippen molar-refractivity contribution in [1.29, 1.82) is 0 Å². The topological polar surface area (TPSA) is 66.5 Å². The number of hydrogen-bond donors (Lipinski definition) is 1. The molecule has 0 amide bonds. The van der Waals surface area contributed by atoms with Crippen molar-refractivity contribution in [3.63, 3.8) is 0 Å². The van der Waals surface area contributed by atoms with E-state index in [4.69, 9.17) is 15.2 Å². The molecule has 0 atom stereocenters. The Bertz CT molecular complexity index is 702. The number of nitrogen functional groups attached to an aromatic ring is 1. The summed E-state index contributed by atoms with van der Waals surface area (Å²) in [7, 11) is 5.08. The lowest BCUT2D eigenvalue weighted by molar-refractivity contribution is 0.101. The van der Waals surface area contributed by atoms with Crippen LogP contribution in [0.5, 0.6) is 11.5 Å². The maximum absolute atomic E-state index is 11.8. The lowest BCUT2D eigenvalue weighted by Gasteiger charge is -2.12. The summed E-state index contributed by atoms with van der Waals surface area (Å²) in [6, 6.07) is 5.52. The lowest BCUT2D eigenvalue weighted by Crippen LogP contribution is -1.98. The zero-order chi connectivity index (χ0) is 15.7. The molecule has 0 aliphatic carbocycles. The Hall–Kier alpha value is -2.43. The Kier molecular flexibility index (Phi) is 3.93. The third kappa shape index (κ3) is 2.35. The van der Waals surface area contributed by atoms with Gasteiger partial charge in [0.05, 0.1) is 31.2 Å². The van der Waals surface area contributed by atoms with Gasteiger partial charge in [-0.05, 0) is 26.0 Å². The van der Waals surface area contributed by atoms with Gasteiger partial charge in [0.2, 0.25) is 0 Å². The quantitative estimate of drug-likeness (QED) is 0.878. The van der Waals surface area contributed by atoms with E-state index in [9.17, 15) is 4.79 Å². The number of ether oxygens (including phenoxy) is 2. The average Bonchev–Trinajstić information content (AvgIpc) is 2.68. The second-order valence-electron chi connectivity index (χ2n) is 4.90. The summed E-state index contributed by atoms with van der Waals surface area (Å²) >= 11 is 0. The molecule has 1 aromatic heterocycles. The second kappa shape index (κ2) is 5.52. The highest BCUT2D eigenvalue weighted by Gasteiger charge is 2.22. The molecule has 2 rings (SSSR count). The fourth-order valence-corrected chi connectivity index (χ4v) is 2.59. The minimum Gasteiger partial charge on any atom is -0.497 e. The van der Waals surface area contributed by atoms with Crippen LogP contribution >= 0.6 is 0 Å². The molecule has 5 nitrogen and oxygen atoms in total. The summed E-state index contributed by atoms with van der Waals surface area (Å²) in [6.45, 7) is 3.40. The van der Waals surface area contributed by atoms with Gasteiger partial charge in [-0.1, -0.05) is 0 Å². The van der Waals surface area contributed by atoms with Crippen LogP contribution in [0.2, 0.25) is 0 Å². The number of ketones is 1. The summed E-state index contributed by atoms with van der Waals surface area (Å²) in [5, 5.41) is 0. The van der Waals surface area contributed by atoms with Crippen molar-refractivity contribution in [2.45, 2.75) is 13.8 Å². The van der Waals surface area contributed by atoms with Gasteiger partial charge < -0.3 is 19.8 Å². The highest BCUT2D eigenvalue weighted by atomic mass is 16.5. The Morgan fingerprint density at radius 2 is 1.90 bits per heavy atom. The third-order valence-electron chi connectivity index (χ3n) is 3.74. The minimum atomic E-state index is -0.0423. The molecule has 5 heteroatoms. The molecule has 1 heterocycles. The highest BCUT2D eigenvalue weighted by molar-refractivity contribution is 6.04. The smallest absolute Gasteiger partial charge is 0.163 e. The Morgan fingerprint density at radius 3 is 2.38 bits per heavy atom. The Morgan fingerprint density at radius 1 is 1.24 bits per heavy atom. The van der Waals surface area contributed by atoms with Crippen molar-refractivity contribution in [2.75, 3.05) is 20.0 Å². The summed E-state index contributed by atoms with van der Waals surface area (Å²) in [6.07, 6.45) is 0. The van der Waals surface area contributed by atoms with Crippen molar-refractivity contribution in [1.82, 2.24) is 4.57 Å². The van der Waals surface area contributed by atoms with Crippen molar-refractivity contribution in [3.8, 4) is 22.8 Å². The molecule has 0 saturated carbocycles. The molecule has 0 spiro atoms. The van der Waals surface area contributed by atoms with E-state index in [0.717, 1.165) is 17.0 Å². The monoisotopic (exact) mass is 288 g/mol. The summed E-state index contributed by atoms with van der Waals surface area (Å²) in [5.41, 5.74) is 9.69. The zero-order valence-corrected chi connectivity index (χ0v) is 13.0. The number of carbonyl (C=O) groups is 1. The van der Waals surface area contributed by atoms with Gasteiger partial charge in [0, 0.05) is 24.4 Å². The first-order valence-electron chi connectivity index (χ1n) is 6.60. The molecule has 2 N–H and O–H groups in total. The van der Waals surface area contributed by atoms with Gasteiger partial charge in [-0.3, -0.25) is 4.79 Å². The van der Waals surface area contributed by atoms with Crippen LogP contribution in [0.3, 0.4) is 0 Å². The van der Waals surface area contributed by atoms with Gasteiger partial charge in [-0.15, -0.1) is 0 Å². The molecule has 0 radical (unpaired) electrons. The van der Waals surface area contributed by atoms with E-state index in [1.807, 2.05) is 30.7 Å². The number of Topliss-reactive ketones (excluding diaryl/α,β-unsaturated/α-hetero) is 1. The van der Waals surface area contributed by atoms with Crippen LogP contribution in [0.4, 0.5) is 5.69 Å². The Labute approximate surface area is 124 Å². The lowest BCUT2D eigenvalue weighted by atomic mass is 10.1. The van der Waals surface area contributed by atoms with E-state index in [2.05, 4.69) is 0 Å². The van der Waals surface area contributed by atoms with E-state index in [-0.39, 0.29) is 5.78 Å². The molecular formula is C16H20N2O3. The van der Waals surface area contributed by atoms with E-state index < -0.39 is 0 Å². The van der Waals surface area contributed by atoms with Crippen LogP contribution in [-0.4, -0.2) is 24.6 Å². The molecule has 1 aromatic carbocycles. The van der Waals surface area contributed by atoms with Crippen LogP contribution in [-0.2, 0) is 7.05 Å². The van der Waals surface area contributed by atoms with Crippen molar-refractivity contribution in [3.05, 3.63) is 29.5 Å². The van der Waals surface area contributed by atoms with Gasteiger partial charge in [-0.25, -0.2) is 0 Å². The normalized spacial score (nSPS) is 10.5. The number of nitrogens with zero attached hydrogens (tertiary/aromatic N) is 1. The van der Waals surface area contributed by atoms with Crippen molar-refractivity contribution < 1.29 is 14.3 Å². The standard InChI is InChI=1S/C16H20N2O3/c1-9-14(10(2)19)15(17)16(18(9)3)12-7-6-11(20-4)8-13(12)21-5/h6-8H,17H2,1-5H3. The van der Waals surface area contributed by atoms with Crippen LogP contribution in [0, 0.1) is 6.92 Å². The number of rotatable bonds is 4.